The van der Waals surface area contributed by atoms with Crippen LogP contribution in [-0.4, -0.2) is 55.2 Å². The van der Waals surface area contributed by atoms with Crippen LogP contribution in [0.1, 0.15) is 28.9 Å². The van der Waals surface area contributed by atoms with Crippen LogP contribution >= 0.6 is 11.3 Å². The van der Waals surface area contributed by atoms with Crippen molar-refractivity contribution >= 4 is 17.2 Å². The minimum atomic E-state index is -4.41. The van der Waals surface area contributed by atoms with Gasteiger partial charge in [-0.2, -0.15) is 13.2 Å². The molecule has 3 rings (SSSR count). The monoisotopic (exact) mass is 413 g/mol. The summed E-state index contributed by atoms with van der Waals surface area (Å²) in [5, 5.41) is 4.78. The lowest BCUT2D eigenvalue weighted by atomic mass is 10.1. The first kappa shape index (κ1) is 20.8. The van der Waals surface area contributed by atoms with E-state index in [2.05, 4.69) is 15.2 Å². The summed E-state index contributed by atoms with van der Waals surface area (Å²) in [5.41, 5.74) is -0.151. The molecule has 0 unspecified atom stereocenters. The number of halogens is 3. The lowest BCUT2D eigenvalue weighted by molar-refractivity contribution is -0.137. The van der Waals surface area contributed by atoms with Gasteiger partial charge in [0.1, 0.15) is 10.7 Å². The average Bonchev–Trinajstić information content (AvgIpc) is 3.18. The number of aromatic nitrogens is 1. The SMILES string of the molecule is O=C(NCCCCN1CCOCC1)c1csc(-c2cccc(C(F)(F)F)c2)n1. The molecule has 1 N–H and O–H groups in total. The maximum absolute atomic E-state index is 12.8. The zero-order chi connectivity index (χ0) is 20.0. The quantitative estimate of drug-likeness (QED) is 0.704. The number of rotatable bonds is 7. The van der Waals surface area contributed by atoms with Gasteiger partial charge in [-0.25, -0.2) is 4.98 Å². The zero-order valence-corrected chi connectivity index (χ0v) is 16.1. The van der Waals surface area contributed by atoms with E-state index >= 15 is 0 Å². The van der Waals surface area contributed by atoms with E-state index < -0.39 is 11.7 Å². The number of ether oxygens (including phenoxy) is 1. The van der Waals surface area contributed by atoms with E-state index in [0.29, 0.717) is 17.1 Å². The molecule has 28 heavy (non-hydrogen) atoms. The van der Waals surface area contributed by atoms with Crippen molar-refractivity contribution in [1.82, 2.24) is 15.2 Å². The van der Waals surface area contributed by atoms with Gasteiger partial charge in [0.05, 0.1) is 18.8 Å². The summed E-state index contributed by atoms with van der Waals surface area (Å²) in [6, 6.07) is 4.96. The van der Waals surface area contributed by atoms with E-state index in [4.69, 9.17) is 4.74 Å². The Kier molecular flexibility index (Phi) is 7.03. The first-order chi connectivity index (χ1) is 13.4. The molecule has 0 spiro atoms. The van der Waals surface area contributed by atoms with Gasteiger partial charge in [-0.05, 0) is 31.5 Å². The molecule has 0 aliphatic carbocycles. The van der Waals surface area contributed by atoms with Crippen LogP contribution in [-0.2, 0) is 10.9 Å². The fraction of sp³-hybridized carbons (Fsp3) is 0.474. The van der Waals surface area contributed by atoms with Gasteiger partial charge < -0.3 is 10.1 Å². The molecule has 1 aromatic carbocycles. The molecule has 2 heterocycles. The van der Waals surface area contributed by atoms with Crippen molar-refractivity contribution in [2.45, 2.75) is 19.0 Å². The molecule has 0 radical (unpaired) electrons. The van der Waals surface area contributed by atoms with Gasteiger partial charge in [0.2, 0.25) is 0 Å². The van der Waals surface area contributed by atoms with E-state index in [1.807, 2.05) is 0 Å². The highest BCUT2D eigenvalue weighted by molar-refractivity contribution is 7.13. The highest BCUT2D eigenvalue weighted by atomic mass is 32.1. The molecule has 152 valence electrons. The molecule has 0 saturated carbocycles. The number of benzene rings is 1. The van der Waals surface area contributed by atoms with Crippen LogP contribution in [0.15, 0.2) is 29.6 Å². The number of unbranched alkanes of at least 4 members (excludes halogenated alkanes) is 1. The van der Waals surface area contributed by atoms with Crippen LogP contribution in [0.25, 0.3) is 10.6 Å². The van der Waals surface area contributed by atoms with Gasteiger partial charge in [0.25, 0.3) is 5.91 Å². The minimum Gasteiger partial charge on any atom is -0.379 e. The van der Waals surface area contributed by atoms with Gasteiger partial charge in [0.15, 0.2) is 0 Å². The van der Waals surface area contributed by atoms with Crippen molar-refractivity contribution in [3.8, 4) is 10.6 Å². The van der Waals surface area contributed by atoms with Gasteiger partial charge in [-0.15, -0.1) is 11.3 Å². The highest BCUT2D eigenvalue weighted by Gasteiger charge is 2.30. The summed E-state index contributed by atoms with van der Waals surface area (Å²) >= 11 is 1.16. The first-order valence-corrected chi connectivity index (χ1v) is 10.0. The molecule has 2 aromatic rings. The largest absolute Gasteiger partial charge is 0.416 e. The molecular formula is C19H22F3N3O2S. The molecule has 1 aliphatic heterocycles. The van der Waals surface area contributed by atoms with Crippen LogP contribution in [0, 0.1) is 0 Å². The minimum absolute atomic E-state index is 0.227. The Morgan fingerprint density at radius 2 is 2.04 bits per heavy atom. The normalized spacial score (nSPS) is 15.5. The maximum Gasteiger partial charge on any atom is 0.416 e. The van der Waals surface area contributed by atoms with E-state index in [9.17, 15) is 18.0 Å². The Bertz CT molecular complexity index is 789. The molecular weight excluding hydrogens is 391 g/mol. The molecule has 1 aliphatic rings. The molecule has 9 heteroatoms. The number of morpholine rings is 1. The van der Waals surface area contributed by atoms with E-state index in [0.717, 1.165) is 69.2 Å². The van der Waals surface area contributed by atoms with E-state index in [1.54, 1.807) is 11.4 Å². The number of hydrogen-bond donors (Lipinski definition) is 1. The van der Waals surface area contributed by atoms with Crippen molar-refractivity contribution in [1.29, 1.82) is 0 Å². The van der Waals surface area contributed by atoms with Crippen molar-refractivity contribution in [3.63, 3.8) is 0 Å². The third kappa shape index (κ3) is 5.76. The summed E-state index contributed by atoms with van der Waals surface area (Å²) < 4.78 is 43.8. The lowest BCUT2D eigenvalue weighted by Gasteiger charge is -2.26. The van der Waals surface area contributed by atoms with Crippen molar-refractivity contribution in [2.24, 2.45) is 0 Å². The smallest absolute Gasteiger partial charge is 0.379 e. The molecule has 0 bridgehead atoms. The maximum atomic E-state index is 12.8. The molecule has 1 fully saturated rings. The standard InChI is InChI=1S/C19H22F3N3O2S/c20-19(21,22)15-5-3-4-14(12-15)18-24-16(13-28-18)17(26)23-6-1-2-7-25-8-10-27-11-9-25/h3-5,12-13H,1-2,6-11H2,(H,23,26). The van der Waals surface area contributed by atoms with Crippen LogP contribution in [0.2, 0.25) is 0 Å². The van der Waals surface area contributed by atoms with Crippen LogP contribution in [0.4, 0.5) is 13.2 Å². The number of thiazole rings is 1. The number of carbonyl (C=O) groups is 1. The summed E-state index contributed by atoms with van der Waals surface area (Å²) in [7, 11) is 0. The van der Waals surface area contributed by atoms with Crippen LogP contribution in [0.3, 0.4) is 0 Å². The molecule has 0 atom stereocenters. The Labute approximate surface area is 165 Å². The predicted octanol–water partition coefficient (Wildman–Crippen LogP) is 3.67. The highest BCUT2D eigenvalue weighted by Crippen LogP contribution is 2.33. The van der Waals surface area contributed by atoms with Crippen molar-refractivity contribution < 1.29 is 22.7 Å². The van der Waals surface area contributed by atoms with Gasteiger partial charge in [-0.1, -0.05) is 12.1 Å². The molecule has 1 aromatic heterocycles. The van der Waals surface area contributed by atoms with Gasteiger partial charge >= 0.3 is 6.18 Å². The number of carbonyl (C=O) groups excluding carboxylic acids is 1. The molecule has 1 saturated heterocycles. The molecule has 5 nitrogen and oxygen atoms in total. The number of amides is 1. The average molecular weight is 413 g/mol. The van der Waals surface area contributed by atoms with Gasteiger partial charge in [0, 0.05) is 30.6 Å². The Morgan fingerprint density at radius 3 is 2.79 bits per heavy atom. The second-order valence-corrected chi connectivity index (χ2v) is 7.39. The topological polar surface area (TPSA) is 54.5 Å². The summed E-state index contributed by atoms with van der Waals surface area (Å²) in [5.74, 6) is -0.305. The Morgan fingerprint density at radius 1 is 1.25 bits per heavy atom. The Hall–Kier alpha value is -1.97. The van der Waals surface area contributed by atoms with Crippen molar-refractivity contribution in [2.75, 3.05) is 39.4 Å². The summed E-state index contributed by atoms with van der Waals surface area (Å²) in [6.45, 7) is 4.96. The first-order valence-electron chi connectivity index (χ1n) is 9.15. The molecule has 1 amide bonds. The third-order valence-corrected chi connectivity index (χ3v) is 5.36. The number of nitrogens with one attached hydrogen (secondary N) is 1. The predicted molar refractivity (Wildman–Crippen MR) is 101 cm³/mol. The second kappa shape index (κ2) is 9.49. The van der Waals surface area contributed by atoms with Crippen LogP contribution in [0.5, 0.6) is 0 Å². The third-order valence-electron chi connectivity index (χ3n) is 4.46. The lowest BCUT2D eigenvalue weighted by Crippen LogP contribution is -2.37. The number of alkyl halides is 3. The van der Waals surface area contributed by atoms with E-state index in [1.165, 1.54) is 6.07 Å². The van der Waals surface area contributed by atoms with Crippen LogP contribution < -0.4 is 5.32 Å². The fourth-order valence-electron chi connectivity index (χ4n) is 2.92. The number of hydrogen-bond acceptors (Lipinski definition) is 5. The fourth-order valence-corrected chi connectivity index (χ4v) is 3.71. The van der Waals surface area contributed by atoms with Crippen molar-refractivity contribution in [3.05, 3.63) is 40.9 Å². The van der Waals surface area contributed by atoms with Gasteiger partial charge in [-0.3, -0.25) is 9.69 Å². The summed E-state index contributed by atoms with van der Waals surface area (Å²) in [4.78, 5) is 18.7. The zero-order valence-electron chi connectivity index (χ0n) is 15.3. The Balaban J connectivity index is 1.47. The summed E-state index contributed by atoms with van der Waals surface area (Å²) in [6.07, 6.45) is -2.57. The van der Waals surface area contributed by atoms with E-state index in [-0.39, 0.29) is 11.6 Å². The number of nitrogens with zero attached hydrogens (tertiary/aromatic N) is 2. The second-order valence-electron chi connectivity index (χ2n) is 6.53.